The number of aromatic hydroxyl groups is 1. The highest BCUT2D eigenvalue weighted by Gasteiger charge is 2.33. The summed E-state index contributed by atoms with van der Waals surface area (Å²) in [6.45, 7) is 9.07. The Hall–Kier alpha value is -2.26. The van der Waals surface area contributed by atoms with Crippen molar-refractivity contribution < 1.29 is 14.8 Å². The van der Waals surface area contributed by atoms with Crippen LogP contribution in [0.4, 0.5) is 5.69 Å². The highest BCUT2D eigenvalue weighted by Crippen LogP contribution is 2.43. The Balaban J connectivity index is 0.000000583. The number of hydrogen-bond donors (Lipinski definition) is 2. The van der Waals surface area contributed by atoms with E-state index >= 15 is 0 Å². The molecule has 4 rings (SSSR count). The number of carbonyl (C=O) groups excluding carboxylic acids is 1. The summed E-state index contributed by atoms with van der Waals surface area (Å²) in [6, 6.07) is 2.99. The van der Waals surface area contributed by atoms with E-state index in [9.17, 15) is 20.0 Å². The highest BCUT2D eigenvalue weighted by molar-refractivity contribution is 9.11. The van der Waals surface area contributed by atoms with Gasteiger partial charge in [-0.15, -0.1) is 0 Å². The van der Waals surface area contributed by atoms with Gasteiger partial charge in [-0.05, 0) is 94.5 Å². The number of nitrogens with one attached hydrogen (secondary N) is 1. The molecule has 2 heterocycles. The van der Waals surface area contributed by atoms with Crippen molar-refractivity contribution in [2.45, 2.75) is 65.8 Å². The fourth-order valence-electron chi connectivity index (χ4n) is 4.68. The fourth-order valence-corrected chi connectivity index (χ4v) is 5.51. The number of nitro groups is 1. The van der Waals surface area contributed by atoms with Crippen molar-refractivity contribution in [3.8, 4) is 5.75 Å². The van der Waals surface area contributed by atoms with Crippen molar-refractivity contribution >= 4 is 44.9 Å². The molecule has 1 unspecified atom stereocenters. The van der Waals surface area contributed by atoms with E-state index in [-0.39, 0.29) is 23.4 Å². The van der Waals surface area contributed by atoms with E-state index in [1.54, 1.807) is 13.0 Å². The van der Waals surface area contributed by atoms with E-state index in [4.69, 9.17) is 0 Å². The van der Waals surface area contributed by atoms with Crippen LogP contribution in [0.15, 0.2) is 40.0 Å². The van der Waals surface area contributed by atoms with E-state index < -0.39 is 4.92 Å². The van der Waals surface area contributed by atoms with Gasteiger partial charge in [-0.25, -0.2) is 0 Å². The number of phenols is 1. The molecule has 1 saturated heterocycles. The number of benzene rings is 1. The molecule has 3 aliphatic rings. The average molecular weight is 581 g/mol. The number of thioether (sulfide) groups is 1. The maximum Gasteiger partial charge on any atom is 0.311 e. The number of halogens is 1. The van der Waals surface area contributed by atoms with Gasteiger partial charge in [-0.1, -0.05) is 26.3 Å². The van der Waals surface area contributed by atoms with Gasteiger partial charge < -0.3 is 15.3 Å². The molecule has 0 spiro atoms. The molecular weight excluding hydrogens is 542 g/mol. The molecule has 0 radical (unpaired) electrons. The number of piperidine rings is 1. The molecule has 0 aromatic heterocycles. The first-order valence-electron chi connectivity index (χ1n) is 12.6. The number of phenolic OH excluding ortho intramolecular Hbond substituents is 1. The quantitative estimate of drug-likeness (QED) is 0.311. The van der Waals surface area contributed by atoms with Gasteiger partial charge in [0.1, 0.15) is 0 Å². The van der Waals surface area contributed by atoms with Gasteiger partial charge in [-0.3, -0.25) is 14.9 Å². The number of nitro benzene ring substituents is 1. The minimum Gasteiger partial charge on any atom is -0.502 e. The molecule has 1 atom stereocenters. The Kier molecular flexibility index (Phi) is 12.0. The second kappa shape index (κ2) is 14.5. The third kappa shape index (κ3) is 7.38. The molecule has 2 N–H and O–H groups in total. The van der Waals surface area contributed by atoms with Crippen molar-refractivity contribution in [3.63, 3.8) is 0 Å². The standard InChI is InChI=1S/C21H22BrN3O4.C4H10S.C2H6/c1-12(26)24-6-4-13(5-7-24)20-17-10-18(25(28)29)19(27)9-14(17)2-3-15-8-16(22)11-23-21(15)20;1-3-4-5-2;1-2/h8-11,21,23,27H,2-7H2,1H3;3-4H2,1-2H3;1-2H3. The molecule has 1 fully saturated rings. The zero-order valence-electron chi connectivity index (χ0n) is 21.9. The summed E-state index contributed by atoms with van der Waals surface area (Å²) in [4.78, 5) is 24.5. The summed E-state index contributed by atoms with van der Waals surface area (Å²) in [6.07, 6.45) is 10.4. The molecule has 1 aliphatic carbocycles. The van der Waals surface area contributed by atoms with Crippen LogP contribution >= 0.6 is 27.7 Å². The van der Waals surface area contributed by atoms with Gasteiger partial charge in [0.15, 0.2) is 5.75 Å². The lowest BCUT2D eigenvalue weighted by atomic mass is 9.84. The van der Waals surface area contributed by atoms with Gasteiger partial charge in [0.25, 0.3) is 0 Å². The first kappa shape index (κ1) is 30.0. The van der Waals surface area contributed by atoms with Crippen LogP contribution in [0.5, 0.6) is 5.75 Å². The van der Waals surface area contributed by atoms with Gasteiger partial charge in [0, 0.05) is 36.8 Å². The molecule has 9 heteroatoms. The topological polar surface area (TPSA) is 95.7 Å². The van der Waals surface area contributed by atoms with E-state index in [1.165, 1.54) is 29.4 Å². The van der Waals surface area contributed by atoms with Crippen LogP contribution < -0.4 is 5.32 Å². The first-order chi connectivity index (χ1) is 17.3. The Labute approximate surface area is 227 Å². The number of amides is 1. The number of rotatable bonds is 3. The van der Waals surface area contributed by atoms with Gasteiger partial charge in [0.2, 0.25) is 5.91 Å². The number of aryl methyl sites for hydroxylation is 1. The summed E-state index contributed by atoms with van der Waals surface area (Å²) >= 11 is 5.43. The number of hydrogen-bond acceptors (Lipinski definition) is 6. The molecule has 7 nitrogen and oxygen atoms in total. The number of nitrogens with zero attached hydrogens (tertiary/aromatic N) is 2. The number of carbonyl (C=O) groups is 1. The number of dihydropyridines is 1. The minimum absolute atomic E-state index is 0.0686. The maximum absolute atomic E-state index is 11.7. The monoisotopic (exact) mass is 579 g/mol. The minimum atomic E-state index is -0.539. The van der Waals surface area contributed by atoms with Crippen LogP contribution in [0.2, 0.25) is 0 Å². The van der Waals surface area contributed by atoms with Crippen molar-refractivity contribution in [3.05, 3.63) is 61.3 Å². The van der Waals surface area contributed by atoms with Gasteiger partial charge in [-0.2, -0.15) is 11.8 Å². The number of fused-ring (bicyclic) bond motifs is 2. The summed E-state index contributed by atoms with van der Waals surface area (Å²) < 4.78 is 0.958. The second-order valence-electron chi connectivity index (χ2n) is 8.62. The van der Waals surface area contributed by atoms with Crippen LogP contribution in [0, 0.1) is 10.1 Å². The third-order valence-corrected chi connectivity index (χ3v) is 7.62. The summed E-state index contributed by atoms with van der Waals surface area (Å²) in [5, 5.41) is 25.1. The molecule has 0 bridgehead atoms. The number of allylic oxidation sites excluding steroid dienone is 2. The second-order valence-corrected chi connectivity index (χ2v) is 10.5. The van der Waals surface area contributed by atoms with E-state index in [0.717, 1.165) is 40.4 Å². The molecular formula is C27H38BrN3O4S. The summed E-state index contributed by atoms with van der Waals surface area (Å²) in [5.74, 6) is 1.08. The predicted octanol–water partition coefficient (Wildman–Crippen LogP) is 6.56. The zero-order valence-corrected chi connectivity index (χ0v) is 24.3. The van der Waals surface area contributed by atoms with Crippen LogP contribution in [-0.2, 0) is 11.2 Å². The fraction of sp³-hybridized carbons (Fsp3) is 0.519. The lowest BCUT2D eigenvalue weighted by molar-refractivity contribution is -0.385. The molecule has 198 valence electrons. The Bertz CT molecular complexity index is 1040. The molecule has 1 aromatic carbocycles. The molecule has 0 saturated carbocycles. The van der Waals surface area contributed by atoms with Crippen LogP contribution in [0.25, 0.3) is 5.57 Å². The zero-order chi connectivity index (χ0) is 26.8. The molecule has 1 aromatic rings. The normalized spacial score (nSPS) is 18.5. The Morgan fingerprint density at radius 1 is 1.25 bits per heavy atom. The largest absolute Gasteiger partial charge is 0.502 e. The van der Waals surface area contributed by atoms with Crippen LogP contribution in [0.3, 0.4) is 0 Å². The molecule has 2 aliphatic heterocycles. The average Bonchev–Trinajstić information content (AvgIpc) is 3.01. The van der Waals surface area contributed by atoms with Crippen molar-refractivity contribution in [1.29, 1.82) is 0 Å². The van der Waals surface area contributed by atoms with Crippen molar-refractivity contribution in [2.24, 2.45) is 0 Å². The maximum atomic E-state index is 11.7. The van der Waals surface area contributed by atoms with Gasteiger partial charge >= 0.3 is 5.69 Å². The lowest BCUT2D eigenvalue weighted by Crippen LogP contribution is -2.36. The summed E-state index contributed by atoms with van der Waals surface area (Å²) in [7, 11) is 0. The summed E-state index contributed by atoms with van der Waals surface area (Å²) in [5.41, 5.74) is 4.93. The van der Waals surface area contributed by atoms with Crippen molar-refractivity contribution in [1.82, 2.24) is 10.2 Å². The van der Waals surface area contributed by atoms with Crippen LogP contribution in [-0.4, -0.2) is 52.0 Å². The smallest absolute Gasteiger partial charge is 0.311 e. The van der Waals surface area contributed by atoms with E-state index in [0.29, 0.717) is 19.5 Å². The van der Waals surface area contributed by atoms with E-state index in [2.05, 4.69) is 40.5 Å². The molecule has 36 heavy (non-hydrogen) atoms. The molecule has 1 amide bonds. The van der Waals surface area contributed by atoms with E-state index in [1.807, 2.05) is 36.7 Å². The Morgan fingerprint density at radius 2 is 1.92 bits per heavy atom. The Morgan fingerprint density at radius 3 is 2.44 bits per heavy atom. The number of likely N-dealkylation sites (tertiary alicyclic amines) is 1. The van der Waals surface area contributed by atoms with Crippen molar-refractivity contribution in [2.75, 3.05) is 25.1 Å². The third-order valence-electron chi connectivity index (χ3n) is 6.34. The van der Waals surface area contributed by atoms with Gasteiger partial charge in [0.05, 0.1) is 11.0 Å². The van der Waals surface area contributed by atoms with Crippen LogP contribution in [0.1, 0.15) is 64.5 Å². The highest BCUT2D eigenvalue weighted by atomic mass is 79.9. The first-order valence-corrected chi connectivity index (χ1v) is 14.7. The lowest BCUT2D eigenvalue weighted by Gasteiger charge is -2.33. The predicted molar refractivity (Wildman–Crippen MR) is 154 cm³/mol. The SMILES string of the molecule is CC.CC(=O)N1CCC(=C2c3cc([N+](=O)[O-])c(O)cc3CCC3=CC(Br)=CNC32)CC1.CCCSC.